The third kappa shape index (κ3) is 2.97. The van der Waals surface area contributed by atoms with Crippen LogP contribution < -0.4 is 0 Å². The van der Waals surface area contributed by atoms with Gasteiger partial charge in [-0.25, -0.2) is 0 Å². The lowest BCUT2D eigenvalue weighted by atomic mass is 9.97. The molecule has 1 aliphatic carbocycles. The third-order valence-electron chi connectivity index (χ3n) is 4.51. The van der Waals surface area contributed by atoms with Gasteiger partial charge >= 0.3 is 0 Å². The lowest BCUT2D eigenvalue weighted by molar-refractivity contribution is 0.723. The average Bonchev–Trinajstić information content (AvgIpc) is 3.18. The van der Waals surface area contributed by atoms with Gasteiger partial charge in [0.1, 0.15) is 0 Å². The van der Waals surface area contributed by atoms with Crippen molar-refractivity contribution >= 4 is 0 Å². The summed E-state index contributed by atoms with van der Waals surface area (Å²) < 4.78 is 0. The molecule has 0 amide bonds. The fourth-order valence-corrected chi connectivity index (χ4v) is 3.21. The number of rotatable bonds is 3. The van der Waals surface area contributed by atoms with Gasteiger partial charge < -0.3 is 0 Å². The Kier molecular flexibility index (Phi) is 3.80. The highest BCUT2D eigenvalue weighted by molar-refractivity contribution is 5.57. The van der Waals surface area contributed by atoms with Gasteiger partial charge in [0.2, 0.25) is 11.6 Å². The molecule has 1 heterocycles. The second-order valence-electron chi connectivity index (χ2n) is 6.02. The van der Waals surface area contributed by atoms with Crippen LogP contribution >= 0.6 is 0 Å². The van der Waals surface area contributed by atoms with Crippen molar-refractivity contribution in [3.63, 3.8) is 0 Å². The van der Waals surface area contributed by atoms with Crippen LogP contribution in [0.5, 0.6) is 0 Å². The Morgan fingerprint density at radius 2 is 1.13 bits per heavy atom. The topological polar surface area (TPSA) is 51.6 Å². The smallest absolute Gasteiger partial charge is 0.126 e. The predicted octanol–water partition coefficient (Wildman–Crippen LogP) is 4.26. The first kappa shape index (κ1) is 14.0. The highest BCUT2D eigenvalue weighted by Crippen LogP contribution is 2.34. The van der Waals surface area contributed by atoms with Crippen LogP contribution in [0, 0.1) is 0 Å². The van der Waals surface area contributed by atoms with E-state index in [1.165, 1.54) is 31.2 Å². The van der Waals surface area contributed by atoms with Gasteiger partial charge in [-0.3, -0.25) is 0 Å². The summed E-state index contributed by atoms with van der Waals surface area (Å²) in [5.41, 5.74) is 3.31. The Bertz CT molecular complexity index is 761. The first-order valence-corrected chi connectivity index (χ1v) is 8.13. The number of aromatic nitrogens is 4. The monoisotopic (exact) mass is 302 g/mol. The standard InChI is InChI=1S/C19H18N4/c1-2-8-16(9-3-1)18-20-22-19(23-21-18)17-12-10-15(11-13-17)14-6-4-5-7-14/h1-3,8-14H,4-7H2. The molecular formula is C19H18N4. The molecule has 0 unspecified atom stereocenters. The van der Waals surface area contributed by atoms with Gasteiger partial charge in [-0.15, -0.1) is 20.4 Å². The molecule has 1 fully saturated rings. The van der Waals surface area contributed by atoms with Crippen molar-refractivity contribution < 1.29 is 0 Å². The zero-order valence-electron chi connectivity index (χ0n) is 12.9. The SMILES string of the molecule is c1ccc(-c2nnc(-c3ccc(C4CCCC4)cc3)nn2)cc1. The summed E-state index contributed by atoms with van der Waals surface area (Å²) in [7, 11) is 0. The zero-order chi connectivity index (χ0) is 15.5. The minimum Gasteiger partial charge on any atom is -0.126 e. The van der Waals surface area contributed by atoms with Crippen LogP contribution in [0.15, 0.2) is 54.6 Å². The molecule has 3 aromatic rings. The molecule has 4 rings (SSSR count). The molecule has 0 bridgehead atoms. The quantitative estimate of drug-likeness (QED) is 0.725. The van der Waals surface area contributed by atoms with Crippen molar-refractivity contribution in [2.24, 2.45) is 0 Å². The van der Waals surface area contributed by atoms with Gasteiger partial charge in [0, 0.05) is 11.1 Å². The maximum absolute atomic E-state index is 4.23. The molecule has 0 radical (unpaired) electrons. The Morgan fingerprint density at radius 3 is 1.70 bits per heavy atom. The van der Waals surface area contributed by atoms with Crippen LogP contribution in [0.4, 0.5) is 0 Å². The normalized spacial score (nSPS) is 15.0. The van der Waals surface area contributed by atoms with E-state index >= 15 is 0 Å². The van der Waals surface area contributed by atoms with Crippen molar-refractivity contribution in [3.8, 4) is 22.8 Å². The third-order valence-corrected chi connectivity index (χ3v) is 4.51. The molecule has 0 N–H and O–H groups in total. The maximum atomic E-state index is 4.23. The second-order valence-corrected chi connectivity index (χ2v) is 6.02. The molecule has 4 nitrogen and oxygen atoms in total. The minimum atomic E-state index is 0.553. The Morgan fingerprint density at radius 1 is 0.609 bits per heavy atom. The summed E-state index contributed by atoms with van der Waals surface area (Å²) in [6, 6.07) is 18.3. The van der Waals surface area contributed by atoms with Gasteiger partial charge in [0.05, 0.1) is 0 Å². The maximum Gasteiger partial charge on any atom is 0.203 e. The fourth-order valence-electron chi connectivity index (χ4n) is 3.21. The summed E-state index contributed by atoms with van der Waals surface area (Å²) in [5.74, 6) is 1.85. The molecule has 114 valence electrons. The van der Waals surface area contributed by atoms with E-state index in [1.54, 1.807) is 0 Å². The van der Waals surface area contributed by atoms with Gasteiger partial charge in [0.15, 0.2) is 0 Å². The molecule has 23 heavy (non-hydrogen) atoms. The van der Waals surface area contributed by atoms with Crippen LogP contribution in [0.2, 0.25) is 0 Å². The van der Waals surface area contributed by atoms with Crippen molar-refractivity contribution in [1.82, 2.24) is 20.4 Å². The average molecular weight is 302 g/mol. The number of nitrogens with zero attached hydrogens (tertiary/aromatic N) is 4. The molecule has 2 aromatic carbocycles. The second kappa shape index (κ2) is 6.24. The Labute approximate surface area is 135 Å². The van der Waals surface area contributed by atoms with Gasteiger partial charge in [-0.1, -0.05) is 67.4 Å². The van der Waals surface area contributed by atoms with Crippen LogP contribution in [-0.4, -0.2) is 20.4 Å². The fraction of sp³-hybridized carbons (Fsp3) is 0.263. The van der Waals surface area contributed by atoms with Crippen LogP contribution in [0.25, 0.3) is 22.8 Å². The van der Waals surface area contributed by atoms with Crippen molar-refractivity contribution in [1.29, 1.82) is 0 Å². The van der Waals surface area contributed by atoms with E-state index in [9.17, 15) is 0 Å². The van der Waals surface area contributed by atoms with E-state index in [2.05, 4.69) is 44.7 Å². The van der Waals surface area contributed by atoms with Crippen LogP contribution in [0.1, 0.15) is 37.2 Å². The summed E-state index contributed by atoms with van der Waals surface area (Å²) in [5, 5.41) is 16.9. The van der Waals surface area contributed by atoms with Gasteiger partial charge in [0.25, 0.3) is 0 Å². The summed E-state index contributed by atoms with van der Waals surface area (Å²) in [6.45, 7) is 0. The summed E-state index contributed by atoms with van der Waals surface area (Å²) in [4.78, 5) is 0. The number of hydrogen-bond donors (Lipinski definition) is 0. The van der Waals surface area contributed by atoms with Crippen molar-refractivity contribution in [2.45, 2.75) is 31.6 Å². The highest BCUT2D eigenvalue weighted by Gasteiger charge is 2.17. The lowest BCUT2D eigenvalue weighted by Crippen LogP contribution is -1.99. The highest BCUT2D eigenvalue weighted by atomic mass is 15.3. The molecule has 0 saturated heterocycles. The van der Waals surface area contributed by atoms with E-state index in [4.69, 9.17) is 0 Å². The molecule has 1 saturated carbocycles. The van der Waals surface area contributed by atoms with E-state index in [0.717, 1.165) is 17.0 Å². The summed E-state index contributed by atoms with van der Waals surface area (Å²) in [6.07, 6.45) is 5.32. The molecule has 0 spiro atoms. The lowest BCUT2D eigenvalue weighted by Gasteiger charge is -2.09. The first-order valence-electron chi connectivity index (χ1n) is 8.13. The van der Waals surface area contributed by atoms with E-state index < -0.39 is 0 Å². The van der Waals surface area contributed by atoms with Crippen LogP contribution in [-0.2, 0) is 0 Å². The van der Waals surface area contributed by atoms with Gasteiger partial charge in [-0.05, 0) is 24.3 Å². The molecule has 1 aliphatic rings. The van der Waals surface area contributed by atoms with E-state index in [0.29, 0.717) is 11.6 Å². The van der Waals surface area contributed by atoms with E-state index in [1.807, 2.05) is 30.3 Å². The van der Waals surface area contributed by atoms with Gasteiger partial charge in [-0.2, -0.15) is 0 Å². The minimum absolute atomic E-state index is 0.553. The largest absolute Gasteiger partial charge is 0.203 e. The van der Waals surface area contributed by atoms with Crippen LogP contribution in [0.3, 0.4) is 0 Å². The van der Waals surface area contributed by atoms with E-state index in [-0.39, 0.29) is 0 Å². The van der Waals surface area contributed by atoms with Crippen molar-refractivity contribution in [2.75, 3.05) is 0 Å². The zero-order valence-corrected chi connectivity index (χ0v) is 12.9. The summed E-state index contributed by atoms with van der Waals surface area (Å²) >= 11 is 0. The Hall–Kier alpha value is -2.62. The molecule has 4 heteroatoms. The molecule has 0 atom stereocenters. The number of benzene rings is 2. The van der Waals surface area contributed by atoms with Crippen molar-refractivity contribution in [3.05, 3.63) is 60.2 Å². The molecule has 1 aromatic heterocycles. The number of hydrogen-bond acceptors (Lipinski definition) is 4. The molecule has 0 aliphatic heterocycles. The molecular weight excluding hydrogens is 284 g/mol. The predicted molar refractivity (Wildman–Crippen MR) is 89.7 cm³/mol. The first-order chi connectivity index (χ1) is 11.4. The Balaban J connectivity index is 1.56.